The van der Waals surface area contributed by atoms with Gasteiger partial charge in [0.25, 0.3) is 0 Å². The van der Waals surface area contributed by atoms with E-state index >= 15 is 0 Å². The summed E-state index contributed by atoms with van der Waals surface area (Å²) >= 11 is 0. The molecule has 2 aromatic rings. The first-order chi connectivity index (χ1) is 9.85. The average molecular weight is 267 g/mol. The van der Waals surface area contributed by atoms with Crippen LogP contribution in [0.25, 0.3) is 0 Å². The number of nitrogens with one attached hydrogen (secondary N) is 1. The molecule has 0 heterocycles. The second-order valence-electron chi connectivity index (χ2n) is 5.56. The molecule has 1 aliphatic carbocycles. The number of hydrogen-bond donors (Lipinski definition) is 2. The fourth-order valence-corrected chi connectivity index (χ4v) is 2.90. The Bertz CT molecular complexity index is 562. The lowest BCUT2D eigenvalue weighted by Gasteiger charge is -2.25. The minimum atomic E-state index is 0.118. The molecule has 2 aromatic carbocycles. The number of aliphatic hydroxyl groups is 1. The lowest BCUT2D eigenvalue weighted by Crippen LogP contribution is -2.34. The maximum atomic E-state index is 9.04. The second kappa shape index (κ2) is 6.21. The van der Waals surface area contributed by atoms with E-state index in [2.05, 4.69) is 41.7 Å². The molecule has 104 valence electrons. The second-order valence-corrected chi connectivity index (χ2v) is 5.56. The first-order valence-corrected chi connectivity index (χ1v) is 7.34. The van der Waals surface area contributed by atoms with Gasteiger partial charge in [-0.05, 0) is 41.5 Å². The number of aryl methyl sites for hydroxylation is 1. The third-order valence-electron chi connectivity index (χ3n) is 4.15. The smallest absolute Gasteiger partial charge is 0.0681 e. The molecular weight excluding hydrogens is 246 g/mol. The average Bonchev–Trinajstić information content (AvgIpc) is 2.53. The first kappa shape index (κ1) is 13.3. The molecule has 0 radical (unpaired) electrons. The Morgan fingerprint density at radius 1 is 0.950 bits per heavy atom. The third kappa shape index (κ3) is 3.09. The third-order valence-corrected chi connectivity index (χ3v) is 4.15. The Morgan fingerprint density at radius 2 is 1.65 bits per heavy atom. The molecule has 0 saturated carbocycles. The lowest BCUT2D eigenvalue weighted by atomic mass is 9.88. The Kier molecular flexibility index (Phi) is 4.14. The van der Waals surface area contributed by atoms with Crippen LogP contribution in [-0.4, -0.2) is 11.1 Å². The molecule has 2 N–H and O–H groups in total. The molecule has 2 heteroatoms. The lowest BCUT2D eigenvalue weighted by molar-refractivity contribution is 0.282. The number of benzene rings is 2. The Balaban J connectivity index is 1.57. The summed E-state index contributed by atoms with van der Waals surface area (Å²) in [4.78, 5) is 0. The van der Waals surface area contributed by atoms with Crippen LogP contribution in [0.2, 0.25) is 0 Å². The van der Waals surface area contributed by atoms with Gasteiger partial charge in [0.2, 0.25) is 0 Å². The summed E-state index contributed by atoms with van der Waals surface area (Å²) in [5, 5.41) is 12.7. The summed E-state index contributed by atoms with van der Waals surface area (Å²) in [7, 11) is 0. The van der Waals surface area contributed by atoms with E-state index in [4.69, 9.17) is 5.11 Å². The van der Waals surface area contributed by atoms with Gasteiger partial charge in [0, 0.05) is 12.6 Å². The topological polar surface area (TPSA) is 32.3 Å². The van der Waals surface area contributed by atoms with Crippen LogP contribution >= 0.6 is 0 Å². The molecule has 0 bridgehead atoms. The molecular formula is C18H21NO. The molecule has 0 spiro atoms. The van der Waals surface area contributed by atoms with Crippen molar-refractivity contribution in [1.29, 1.82) is 0 Å². The van der Waals surface area contributed by atoms with Crippen molar-refractivity contribution in [2.75, 3.05) is 0 Å². The van der Waals surface area contributed by atoms with Crippen LogP contribution < -0.4 is 5.32 Å². The van der Waals surface area contributed by atoms with Gasteiger partial charge in [-0.2, -0.15) is 0 Å². The highest BCUT2D eigenvalue weighted by atomic mass is 16.3. The molecule has 2 nitrogen and oxygen atoms in total. The quantitative estimate of drug-likeness (QED) is 0.893. The van der Waals surface area contributed by atoms with Gasteiger partial charge < -0.3 is 10.4 Å². The molecule has 0 aliphatic heterocycles. The number of aliphatic hydroxyl groups excluding tert-OH is 1. The van der Waals surface area contributed by atoms with Gasteiger partial charge in [-0.15, -0.1) is 0 Å². The van der Waals surface area contributed by atoms with Crippen molar-refractivity contribution in [3.63, 3.8) is 0 Å². The molecule has 0 saturated heterocycles. The van der Waals surface area contributed by atoms with Crippen LogP contribution in [0.1, 0.15) is 28.7 Å². The van der Waals surface area contributed by atoms with Crippen LogP contribution in [0.15, 0.2) is 48.5 Å². The van der Waals surface area contributed by atoms with Crippen molar-refractivity contribution in [2.45, 2.75) is 38.5 Å². The minimum absolute atomic E-state index is 0.118. The summed E-state index contributed by atoms with van der Waals surface area (Å²) in [6.45, 7) is 1.02. The monoisotopic (exact) mass is 267 g/mol. The van der Waals surface area contributed by atoms with Gasteiger partial charge in [-0.1, -0.05) is 48.5 Å². The van der Waals surface area contributed by atoms with Gasteiger partial charge in [0.1, 0.15) is 0 Å². The van der Waals surface area contributed by atoms with Gasteiger partial charge in [0.05, 0.1) is 6.61 Å². The Morgan fingerprint density at radius 3 is 2.40 bits per heavy atom. The van der Waals surface area contributed by atoms with E-state index in [0.717, 1.165) is 18.5 Å². The summed E-state index contributed by atoms with van der Waals surface area (Å²) in [6.07, 6.45) is 3.52. The number of hydrogen-bond acceptors (Lipinski definition) is 2. The zero-order valence-corrected chi connectivity index (χ0v) is 11.7. The molecule has 3 rings (SSSR count). The first-order valence-electron chi connectivity index (χ1n) is 7.34. The largest absolute Gasteiger partial charge is 0.392 e. The normalized spacial score (nSPS) is 17.8. The summed E-state index contributed by atoms with van der Waals surface area (Å²) < 4.78 is 0. The highest BCUT2D eigenvalue weighted by Gasteiger charge is 2.17. The predicted octanol–water partition coefficient (Wildman–Crippen LogP) is 2.83. The van der Waals surface area contributed by atoms with Crippen molar-refractivity contribution in [1.82, 2.24) is 5.32 Å². The van der Waals surface area contributed by atoms with Crippen molar-refractivity contribution in [3.8, 4) is 0 Å². The van der Waals surface area contributed by atoms with E-state index < -0.39 is 0 Å². The van der Waals surface area contributed by atoms with Crippen LogP contribution in [0, 0.1) is 0 Å². The van der Waals surface area contributed by atoms with Crippen LogP contribution in [0.4, 0.5) is 0 Å². The maximum Gasteiger partial charge on any atom is 0.0681 e. The fourth-order valence-electron chi connectivity index (χ4n) is 2.90. The number of fused-ring (bicyclic) bond motifs is 1. The fraction of sp³-hybridized carbons (Fsp3) is 0.333. The van der Waals surface area contributed by atoms with E-state index in [9.17, 15) is 0 Å². The van der Waals surface area contributed by atoms with E-state index in [1.807, 2.05) is 12.1 Å². The maximum absolute atomic E-state index is 9.04. The molecule has 0 aromatic heterocycles. The number of rotatable bonds is 4. The summed E-state index contributed by atoms with van der Waals surface area (Å²) in [6, 6.07) is 17.5. The molecule has 1 atom stereocenters. The van der Waals surface area contributed by atoms with Crippen LogP contribution in [-0.2, 0) is 26.0 Å². The Hall–Kier alpha value is -1.64. The molecule has 0 fully saturated rings. The van der Waals surface area contributed by atoms with E-state index in [0.29, 0.717) is 6.04 Å². The molecule has 20 heavy (non-hydrogen) atoms. The molecule has 0 amide bonds. The zero-order valence-electron chi connectivity index (χ0n) is 11.7. The van der Waals surface area contributed by atoms with Gasteiger partial charge in [0.15, 0.2) is 0 Å². The molecule has 1 aliphatic rings. The summed E-state index contributed by atoms with van der Waals surface area (Å²) in [5.74, 6) is 0. The molecule has 1 unspecified atom stereocenters. The van der Waals surface area contributed by atoms with Crippen molar-refractivity contribution >= 4 is 0 Å². The predicted molar refractivity (Wildman–Crippen MR) is 81.5 cm³/mol. The van der Waals surface area contributed by atoms with Crippen molar-refractivity contribution in [3.05, 3.63) is 70.8 Å². The van der Waals surface area contributed by atoms with Crippen molar-refractivity contribution in [2.24, 2.45) is 0 Å². The summed E-state index contributed by atoms with van der Waals surface area (Å²) in [5.41, 5.74) is 5.26. The van der Waals surface area contributed by atoms with E-state index in [-0.39, 0.29) is 6.61 Å². The van der Waals surface area contributed by atoms with E-state index in [1.54, 1.807) is 0 Å². The minimum Gasteiger partial charge on any atom is -0.392 e. The zero-order chi connectivity index (χ0) is 13.8. The van der Waals surface area contributed by atoms with E-state index in [1.165, 1.54) is 29.5 Å². The highest BCUT2D eigenvalue weighted by molar-refractivity contribution is 5.30. The standard InChI is InChI=1S/C18H21NO/c20-13-15-7-5-14(6-8-15)12-19-18-10-9-16-3-1-2-4-17(16)11-18/h1-8,18-20H,9-13H2. The Labute approximate surface area is 120 Å². The highest BCUT2D eigenvalue weighted by Crippen LogP contribution is 2.21. The SMILES string of the molecule is OCc1ccc(CNC2CCc3ccccc3C2)cc1. The van der Waals surface area contributed by atoms with Crippen LogP contribution in [0.5, 0.6) is 0 Å². The van der Waals surface area contributed by atoms with Gasteiger partial charge >= 0.3 is 0 Å². The van der Waals surface area contributed by atoms with Crippen molar-refractivity contribution < 1.29 is 5.11 Å². The van der Waals surface area contributed by atoms with Gasteiger partial charge in [-0.25, -0.2) is 0 Å². The van der Waals surface area contributed by atoms with Gasteiger partial charge in [-0.3, -0.25) is 0 Å². The van der Waals surface area contributed by atoms with Crippen LogP contribution in [0.3, 0.4) is 0 Å².